The van der Waals surface area contributed by atoms with Crippen molar-refractivity contribution < 1.29 is 14.0 Å². The molecule has 2 aliphatic rings. The van der Waals surface area contributed by atoms with Gasteiger partial charge in [-0.1, -0.05) is 12.1 Å². The summed E-state index contributed by atoms with van der Waals surface area (Å²) in [6.45, 7) is 1.46. The number of aromatic nitrogens is 2. The highest BCUT2D eigenvalue weighted by Gasteiger charge is 2.36. The van der Waals surface area contributed by atoms with E-state index in [1.807, 2.05) is 0 Å². The van der Waals surface area contributed by atoms with E-state index in [9.17, 15) is 14.0 Å². The van der Waals surface area contributed by atoms with Crippen molar-refractivity contribution in [1.29, 1.82) is 0 Å². The van der Waals surface area contributed by atoms with Crippen molar-refractivity contribution in [2.75, 3.05) is 19.6 Å². The molecule has 136 valence electrons. The molecule has 0 radical (unpaired) electrons. The first-order valence-electron chi connectivity index (χ1n) is 8.75. The molecule has 0 spiro atoms. The minimum atomic E-state index is -0.563. The third-order valence-electron chi connectivity index (χ3n) is 4.71. The normalized spacial score (nSPS) is 20.0. The number of nitrogens with zero attached hydrogens (tertiary/aromatic N) is 2. The Morgan fingerprint density at radius 2 is 2.15 bits per heavy atom. The van der Waals surface area contributed by atoms with Gasteiger partial charge in [0.15, 0.2) is 0 Å². The van der Waals surface area contributed by atoms with E-state index in [4.69, 9.17) is 0 Å². The van der Waals surface area contributed by atoms with E-state index in [0.29, 0.717) is 36.5 Å². The van der Waals surface area contributed by atoms with Gasteiger partial charge in [0, 0.05) is 31.2 Å². The van der Waals surface area contributed by atoms with Crippen molar-refractivity contribution in [3.63, 3.8) is 0 Å². The first-order valence-corrected chi connectivity index (χ1v) is 8.75. The van der Waals surface area contributed by atoms with Crippen LogP contribution in [0.15, 0.2) is 30.5 Å². The van der Waals surface area contributed by atoms with Crippen molar-refractivity contribution in [2.24, 2.45) is 0 Å². The fourth-order valence-electron chi connectivity index (χ4n) is 3.17. The van der Waals surface area contributed by atoms with Gasteiger partial charge in [0.05, 0.1) is 17.5 Å². The SMILES string of the molecule is O=C(NC1CC1)[C@@H]1CNCCN1C(=O)c1cn[nH]c1-c1cccc(F)c1. The van der Waals surface area contributed by atoms with Gasteiger partial charge in [0.2, 0.25) is 5.91 Å². The number of carbonyl (C=O) groups is 2. The maximum Gasteiger partial charge on any atom is 0.258 e. The van der Waals surface area contributed by atoms with E-state index >= 15 is 0 Å². The number of nitrogens with one attached hydrogen (secondary N) is 3. The quantitative estimate of drug-likeness (QED) is 0.759. The number of carbonyl (C=O) groups excluding carboxylic acids is 2. The fourth-order valence-corrected chi connectivity index (χ4v) is 3.17. The zero-order valence-corrected chi connectivity index (χ0v) is 14.2. The molecule has 26 heavy (non-hydrogen) atoms. The number of H-pyrrole nitrogens is 1. The van der Waals surface area contributed by atoms with Gasteiger partial charge in [-0.05, 0) is 25.0 Å². The zero-order chi connectivity index (χ0) is 18.1. The number of rotatable bonds is 4. The molecule has 2 amide bonds. The molecule has 2 aromatic rings. The molecule has 4 rings (SSSR count). The van der Waals surface area contributed by atoms with Gasteiger partial charge in [-0.2, -0.15) is 5.10 Å². The minimum Gasteiger partial charge on any atom is -0.352 e. The van der Waals surface area contributed by atoms with Crippen LogP contribution < -0.4 is 10.6 Å². The standard InChI is InChI=1S/C18H20FN5O2/c19-12-3-1-2-11(8-12)16-14(9-21-23-16)18(26)24-7-6-20-10-15(24)17(25)22-13-4-5-13/h1-3,8-9,13,15,20H,4-7,10H2,(H,21,23)(H,22,25)/t15-/m0/s1. The lowest BCUT2D eigenvalue weighted by atomic mass is 10.1. The lowest BCUT2D eigenvalue weighted by Gasteiger charge is -2.35. The van der Waals surface area contributed by atoms with Crippen LogP contribution in [0, 0.1) is 5.82 Å². The molecule has 3 N–H and O–H groups in total. The van der Waals surface area contributed by atoms with E-state index in [1.54, 1.807) is 17.0 Å². The Morgan fingerprint density at radius 1 is 1.31 bits per heavy atom. The molecule has 7 nitrogen and oxygen atoms in total. The van der Waals surface area contributed by atoms with Gasteiger partial charge in [-0.25, -0.2) is 4.39 Å². The summed E-state index contributed by atoms with van der Waals surface area (Å²) >= 11 is 0. The van der Waals surface area contributed by atoms with Crippen molar-refractivity contribution in [3.05, 3.63) is 41.8 Å². The molecule has 1 aromatic heterocycles. The molecule has 2 heterocycles. The average molecular weight is 357 g/mol. The largest absolute Gasteiger partial charge is 0.352 e. The van der Waals surface area contributed by atoms with Crippen LogP contribution in [0.4, 0.5) is 4.39 Å². The van der Waals surface area contributed by atoms with E-state index < -0.39 is 6.04 Å². The number of aromatic amines is 1. The van der Waals surface area contributed by atoms with Gasteiger partial charge in [0.25, 0.3) is 5.91 Å². The molecule has 2 fully saturated rings. The molecule has 1 aliphatic heterocycles. The maximum absolute atomic E-state index is 13.6. The van der Waals surface area contributed by atoms with E-state index in [1.165, 1.54) is 18.3 Å². The Labute approximate surface area is 150 Å². The highest BCUT2D eigenvalue weighted by Crippen LogP contribution is 2.24. The molecule has 1 aliphatic carbocycles. The second kappa shape index (κ2) is 6.87. The summed E-state index contributed by atoms with van der Waals surface area (Å²) in [4.78, 5) is 27.2. The highest BCUT2D eigenvalue weighted by atomic mass is 19.1. The molecule has 0 bridgehead atoms. The van der Waals surface area contributed by atoms with Crippen LogP contribution in [0.25, 0.3) is 11.3 Å². The summed E-state index contributed by atoms with van der Waals surface area (Å²) in [7, 11) is 0. The number of piperazine rings is 1. The smallest absolute Gasteiger partial charge is 0.258 e. The summed E-state index contributed by atoms with van der Waals surface area (Å²) in [5.41, 5.74) is 1.33. The van der Waals surface area contributed by atoms with Crippen LogP contribution >= 0.6 is 0 Å². The monoisotopic (exact) mass is 357 g/mol. The average Bonchev–Trinajstić information content (AvgIpc) is 3.33. The Kier molecular flexibility index (Phi) is 4.42. The number of benzene rings is 1. The van der Waals surface area contributed by atoms with Crippen LogP contribution in [0.2, 0.25) is 0 Å². The summed E-state index contributed by atoms with van der Waals surface area (Å²) < 4.78 is 13.6. The molecule has 1 saturated heterocycles. The minimum absolute atomic E-state index is 0.135. The second-order valence-electron chi connectivity index (χ2n) is 6.67. The lowest BCUT2D eigenvalue weighted by molar-refractivity contribution is -0.126. The first kappa shape index (κ1) is 16.7. The van der Waals surface area contributed by atoms with Crippen molar-refractivity contribution in [3.8, 4) is 11.3 Å². The molecule has 1 aromatic carbocycles. The van der Waals surface area contributed by atoms with Crippen LogP contribution in [0.5, 0.6) is 0 Å². The molecule has 1 saturated carbocycles. The molecule has 8 heteroatoms. The van der Waals surface area contributed by atoms with Gasteiger partial charge >= 0.3 is 0 Å². The summed E-state index contributed by atoms with van der Waals surface area (Å²) in [6.07, 6.45) is 3.41. The van der Waals surface area contributed by atoms with Gasteiger partial charge < -0.3 is 15.5 Å². The van der Waals surface area contributed by atoms with Gasteiger partial charge in [0.1, 0.15) is 11.9 Å². The molecular weight excluding hydrogens is 337 g/mol. The topological polar surface area (TPSA) is 90.1 Å². The third-order valence-corrected chi connectivity index (χ3v) is 4.71. The zero-order valence-electron chi connectivity index (χ0n) is 14.2. The van der Waals surface area contributed by atoms with Crippen molar-refractivity contribution in [2.45, 2.75) is 24.9 Å². The van der Waals surface area contributed by atoms with Gasteiger partial charge in [-0.15, -0.1) is 0 Å². The molecule has 0 unspecified atom stereocenters. The van der Waals surface area contributed by atoms with Crippen molar-refractivity contribution in [1.82, 2.24) is 25.7 Å². The second-order valence-corrected chi connectivity index (χ2v) is 6.67. The summed E-state index contributed by atoms with van der Waals surface area (Å²) in [5, 5.41) is 12.9. The van der Waals surface area contributed by atoms with Crippen LogP contribution in [-0.2, 0) is 4.79 Å². The predicted octanol–water partition coefficient (Wildman–Crippen LogP) is 0.908. The Balaban J connectivity index is 1.60. The molecular formula is C18H20FN5O2. The Bertz CT molecular complexity index is 832. The summed E-state index contributed by atoms with van der Waals surface area (Å²) in [5.74, 6) is -0.807. The van der Waals surface area contributed by atoms with Crippen LogP contribution in [0.3, 0.4) is 0 Å². The van der Waals surface area contributed by atoms with Crippen LogP contribution in [-0.4, -0.2) is 58.6 Å². The number of halogens is 1. The number of hydrogen-bond donors (Lipinski definition) is 3. The van der Waals surface area contributed by atoms with E-state index in [-0.39, 0.29) is 23.7 Å². The maximum atomic E-state index is 13.6. The highest BCUT2D eigenvalue weighted by molar-refractivity contribution is 6.02. The number of hydrogen-bond acceptors (Lipinski definition) is 4. The third kappa shape index (κ3) is 3.32. The van der Waals surface area contributed by atoms with E-state index in [2.05, 4.69) is 20.8 Å². The lowest BCUT2D eigenvalue weighted by Crippen LogP contribution is -2.59. The van der Waals surface area contributed by atoms with Gasteiger partial charge in [-0.3, -0.25) is 14.7 Å². The Morgan fingerprint density at radius 3 is 2.92 bits per heavy atom. The van der Waals surface area contributed by atoms with E-state index in [0.717, 1.165) is 12.8 Å². The predicted molar refractivity (Wildman–Crippen MR) is 92.8 cm³/mol. The fraction of sp³-hybridized carbons (Fsp3) is 0.389. The number of amides is 2. The van der Waals surface area contributed by atoms with Crippen molar-refractivity contribution >= 4 is 11.8 Å². The van der Waals surface area contributed by atoms with Crippen LogP contribution in [0.1, 0.15) is 23.2 Å². The molecule has 1 atom stereocenters. The summed E-state index contributed by atoms with van der Waals surface area (Å²) in [6, 6.07) is 5.65. The first-order chi connectivity index (χ1) is 12.6. The Hall–Kier alpha value is -2.74.